The van der Waals surface area contributed by atoms with Crippen molar-refractivity contribution in [1.82, 2.24) is 4.57 Å². The van der Waals surface area contributed by atoms with Crippen LogP contribution in [0.3, 0.4) is 0 Å². The van der Waals surface area contributed by atoms with Crippen molar-refractivity contribution in [2.45, 2.75) is 27.3 Å². The van der Waals surface area contributed by atoms with Gasteiger partial charge in [0.2, 0.25) is 0 Å². The molecule has 0 saturated heterocycles. The standard InChI is InChI=1S/C10H16N2O2/c1-4-14-10(13)6-12-7(2)5-9(11)8(12)3/h5H,4,6,11H2,1-3H3. The molecule has 0 amide bonds. The second-order valence-corrected chi connectivity index (χ2v) is 3.22. The molecule has 0 aliphatic rings. The molecule has 0 unspecified atom stereocenters. The van der Waals surface area contributed by atoms with E-state index in [4.69, 9.17) is 10.5 Å². The molecule has 1 aromatic rings. The number of nitrogen functional groups attached to an aromatic ring is 1. The summed E-state index contributed by atoms with van der Waals surface area (Å²) in [4.78, 5) is 11.2. The van der Waals surface area contributed by atoms with Gasteiger partial charge in [0.1, 0.15) is 6.54 Å². The maximum atomic E-state index is 11.2. The van der Waals surface area contributed by atoms with Crippen molar-refractivity contribution in [2.75, 3.05) is 12.3 Å². The van der Waals surface area contributed by atoms with E-state index in [2.05, 4.69) is 0 Å². The van der Waals surface area contributed by atoms with Gasteiger partial charge in [-0.05, 0) is 26.8 Å². The molecule has 1 rings (SSSR count). The highest BCUT2D eigenvalue weighted by molar-refractivity contribution is 5.70. The van der Waals surface area contributed by atoms with E-state index in [9.17, 15) is 4.79 Å². The zero-order chi connectivity index (χ0) is 10.7. The Morgan fingerprint density at radius 1 is 1.57 bits per heavy atom. The van der Waals surface area contributed by atoms with E-state index in [1.807, 2.05) is 24.5 Å². The zero-order valence-electron chi connectivity index (χ0n) is 8.83. The zero-order valence-corrected chi connectivity index (χ0v) is 8.83. The molecule has 0 aromatic carbocycles. The third kappa shape index (κ3) is 2.07. The van der Waals surface area contributed by atoms with Crippen molar-refractivity contribution in [3.63, 3.8) is 0 Å². The lowest BCUT2D eigenvalue weighted by Crippen LogP contribution is -2.15. The first-order valence-electron chi connectivity index (χ1n) is 4.64. The number of nitrogens with zero attached hydrogens (tertiary/aromatic N) is 1. The lowest BCUT2D eigenvalue weighted by molar-refractivity contribution is -0.143. The molecule has 4 nitrogen and oxygen atoms in total. The van der Waals surface area contributed by atoms with Crippen LogP contribution in [0.4, 0.5) is 5.69 Å². The fourth-order valence-electron chi connectivity index (χ4n) is 1.41. The summed E-state index contributed by atoms with van der Waals surface area (Å²) < 4.78 is 6.72. The molecule has 1 heterocycles. The Morgan fingerprint density at radius 2 is 2.21 bits per heavy atom. The van der Waals surface area contributed by atoms with E-state index in [0.717, 1.165) is 11.4 Å². The molecule has 0 saturated carbocycles. The van der Waals surface area contributed by atoms with Crippen LogP contribution in [0.5, 0.6) is 0 Å². The molecule has 0 fully saturated rings. The fourth-order valence-corrected chi connectivity index (χ4v) is 1.41. The first kappa shape index (κ1) is 10.6. The van der Waals surface area contributed by atoms with Gasteiger partial charge in [0.15, 0.2) is 0 Å². The largest absolute Gasteiger partial charge is 0.465 e. The van der Waals surface area contributed by atoms with Crippen molar-refractivity contribution in [3.05, 3.63) is 17.5 Å². The maximum Gasteiger partial charge on any atom is 0.325 e. The van der Waals surface area contributed by atoms with Gasteiger partial charge in [-0.25, -0.2) is 0 Å². The second-order valence-electron chi connectivity index (χ2n) is 3.22. The number of esters is 1. The summed E-state index contributed by atoms with van der Waals surface area (Å²) in [6.45, 7) is 6.25. The Kier molecular flexibility index (Phi) is 3.17. The summed E-state index contributed by atoms with van der Waals surface area (Å²) in [5, 5.41) is 0. The van der Waals surface area contributed by atoms with Crippen molar-refractivity contribution in [1.29, 1.82) is 0 Å². The van der Waals surface area contributed by atoms with Gasteiger partial charge in [0.05, 0.1) is 12.3 Å². The molecule has 4 heteroatoms. The Labute approximate surface area is 83.7 Å². The van der Waals surface area contributed by atoms with Crippen molar-refractivity contribution in [2.24, 2.45) is 0 Å². The van der Waals surface area contributed by atoms with Gasteiger partial charge in [-0.15, -0.1) is 0 Å². The fraction of sp³-hybridized carbons (Fsp3) is 0.500. The molecule has 0 aliphatic heterocycles. The number of aryl methyl sites for hydroxylation is 1. The number of ether oxygens (including phenoxy) is 1. The minimum Gasteiger partial charge on any atom is -0.465 e. The van der Waals surface area contributed by atoms with Crippen LogP contribution in [-0.4, -0.2) is 17.1 Å². The summed E-state index contributed by atoms with van der Waals surface area (Å²) in [6.07, 6.45) is 0. The third-order valence-corrected chi connectivity index (χ3v) is 2.21. The minimum absolute atomic E-state index is 0.228. The van der Waals surface area contributed by atoms with Crippen molar-refractivity contribution < 1.29 is 9.53 Å². The molecule has 2 N–H and O–H groups in total. The van der Waals surface area contributed by atoms with Gasteiger partial charge in [-0.3, -0.25) is 4.79 Å². The molecule has 0 spiro atoms. The summed E-state index contributed by atoms with van der Waals surface area (Å²) in [6, 6.07) is 1.86. The first-order chi connectivity index (χ1) is 6.56. The minimum atomic E-state index is -0.228. The molecule has 0 radical (unpaired) electrons. The van der Waals surface area contributed by atoms with Crippen LogP contribution in [0.2, 0.25) is 0 Å². The summed E-state index contributed by atoms with van der Waals surface area (Å²) in [7, 11) is 0. The normalized spacial score (nSPS) is 10.2. The van der Waals surface area contributed by atoms with E-state index < -0.39 is 0 Å². The van der Waals surface area contributed by atoms with Gasteiger partial charge < -0.3 is 15.0 Å². The van der Waals surface area contributed by atoms with Crippen LogP contribution in [0.1, 0.15) is 18.3 Å². The van der Waals surface area contributed by atoms with Gasteiger partial charge >= 0.3 is 5.97 Å². The second kappa shape index (κ2) is 4.17. The number of rotatable bonds is 3. The summed E-state index contributed by atoms with van der Waals surface area (Å²) in [5.41, 5.74) is 8.33. The smallest absolute Gasteiger partial charge is 0.325 e. The van der Waals surface area contributed by atoms with E-state index in [-0.39, 0.29) is 12.5 Å². The predicted molar refractivity (Wildman–Crippen MR) is 55.0 cm³/mol. The van der Waals surface area contributed by atoms with Crippen molar-refractivity contribution >= 4 is 11.7 Å². The molecular formula is C10H16N2O2. The summed E-state index contributed by atoms with van der Waals surface area (Å²) in [5.74, 6) is -0.228. The third-order valence-electron chi connectivity index (χ3n) is 2.21. The Balaban J connectivity index is 2.81. The lowest BCUT2D eigenvalue weighted by Gasteiger charge is -2.08. The van der Waals surface area contributed by atoms with Crippen LogP contribution >= 0.6 is 0 Å². The predicted octanol–water partition coefficient (Wildman–Crippen LogP) is 1.25. The van der Waals surface area contributed by atoms with Gasteiger partial charge in [0, 0.05) is 11.4 Å². The molecule has 0 atom stereocenters. The number of carbonyl (C=O) groups excluding carboxylic acids is 1. The van der Waals surface area contributed by atoms with E-state index in [1.54, 1.807) is 6.92 Å². The average molecular weight is 196 g/mol. The van der Waals surface area contributed by atoms with Gasteiger partial charge in [0.25, 0.3) is 0 Å². The molecule has 14 heavy (non-hydrogen) atoms. The number of hydrogen-bond acceptors (Lipinski definition) is 3. The molecule has 0 aliphatic carbocycles. The monoisotopic (exact) mass is 196 g/mol. The van der Waals surface area contributed by atoms with Crippen molar-refractivity contribution in [3.8, 4) is 0 Å². The van der Waals surface area contributed by atoms with Gasteiger partial charge in [-0.2, -0.15) is 0 Å². The van der Waals surface area contributed by atoms with E-state index in [0.29, 0.717) is 12.3 Å². The highest BCUT2D eigenvalue weighted by Crippen LogP contribution is 2.16. The summed E-state index contributed by atoms with van der Waals surface area (Å²) >= 11 is 0. The molecular weight excluding hydrogens is 180 g/mol. The Morgan fingerprint density at radius 3 is 2.64 bits per heavy atom. The topological polar surface area (TPSA) is 57.2 Å². The highest BCUT2D eigenvalue weighted by Gasteiger charge is 2.10. The molecule has 1 aromatic heterocycles. The van der Waals surface area contributed by atoms with Crippen LogP contribution in [0.15, 0.2) is 6.07 Å². The SMILES string of the molecule is CCOC(=O)Cn1c(C)cc(N)c1C. The maximum absolute atomic E-state index is 11.2. The highest BCUT2D eigenvalue weighted by atomic mass is 16.5. The van der Waals surface area contributed by atoms with Gasteiger partial charge in [-0.1, -0.05) is 0 Å². The molecule has 0 bridgehead atoms. The van der Waals surface area contributed by atoms with Crippen LogP contribution in [0, 0.1) is 13.8 Å². The Hall–Kier alpha value is -1.45. The van der Waals surface area contributed by atoms with Crippen LogP contribution in [0.25, 0.3) is 0 Å². The number of aromatic nitrogens is 1. The molecule has 78 valence electrons. The average Bonchev–Trinajstić information content (AvgIpc) is 2.33. The first-order valence-corrected chi connectivity index (χ1v) is 4.64. The Bertz CT molecular complexity index is 342. The van der Waals surface area contributed by atoms with Crippen LogP contribution < -0.4 is 5.73 Å². The number of anilines is 1. The quantitative estimate of drug-likeness (QED) is 0.740. The number of hydrogen-bond donors (Lipinski definition) is 1. The lowest BCUT2D eigenvalue weighted by atomic mass is 10.4. The number of nitrogens with two attached hydrogens (primary N) is 1. The van der Waals surface area contributed by atoms with E-state index >= 15 is 0 Å². The number of carbonyl (C=O) groups is 1. The van der Waals surface area contributed by atoms with E-state index in [1.165, 1.54) is 0 Å². The van der Waals surface area contributed by atoms with Crippen LogP contribution in [-0.2, 0) is 16.1 Å².